The van der Waals surface area contributed by atoms with Gasteiger partial charge in [0.05, 0.1) is 6.61 Å². The van der Waals surface area contributed by atoms with Crippen molar-refractivity contribution in [2.45, 2.75) is 0 Å². The average molecular weight is 145 g/mol. The normalized spacial score (nSPS) is 9.70. The fraction of sp³-hybridized carbons (Fsp3) is 0.500. The molecule has 0 aromatic carbocycles. The van der Waals surface area contributed by atoms with Crippen LogP contribution in [0.4, 0.5) is 5.82 Å². The molecule has 56 valence electrons. The Hall–Kier alpha value is -1.30. The Morgan fingerprint density at radius 3 is 2.90 bits per heavy atom. The molecule has 0 saturated carbocycles. The fourth-order valence-electron chi connectivity index (χ4n) is 0.430. The monoisotopic (exact) mass is 145 g/mol. The van der Waals surface area contributed by atoms with Gasteiger partial charge in [0.15, 0.2) is 0 Å². The van der Waals surface area contributed by atoms with Gasteiger partial charge in [-0.1, -0.05) is 0 Å². The van der Waals surface area contributed by atoms with Crippen molar-refractivity contribution < 1.29 is 14.5 Å². The Morgan fingerprint density at radius 1 is 1.60 bits per heavy atom. The molecule has 6 nitrogen and oxygen atoms in total. The van der Waals surface area contributed by atoms with Crippen molar-refractivity contribution in [1.82, 2.24) is 10.3 Å². The van der Waals surface area contributed by atoms with Crippen molar-refractivity contribution in [2.75, 3.05) is 18.9 Å². The Balaban J connectivity index is 2.49. The first-order valence-electron chi connectivity index (χ1n) is 2.66. The van der Waals surface area contributed by atoms with Gasteiger partial charge in [-0.3, -0.25) is 0 Å². The summed E-state index contributed by atoms with van der Waals surface area (Å²) in [5.74, 6) is 0.211. The molecule has 0 radical (unpaired) electrons. The molecule has 0 saturated heterocycles. The number of aliphatic hydroxyl groups is 1. The molecule has 0 amide bonds. The number of nitrogens with zero attached hydrogens (tertiary/aromatic N) is 2. The van der Waals surface area contributed by atoms with E-state index in [1.807, 2.05) is 0 Å². The van der Waals surface area contributed by atoms with E-state index in [1.54, 1.807) is 0 Å². The molecule has 0 unspecified atom stereocenters. The zero-order valence-corrected chi connectivity index (χ0v) is 5.15. The SMILES string of the molecule is Nc1nonc1OCCO. The summed E-state index contributed by atoms with van der Waals surface area (Å²) >= 11 is 0. The second-order valence-corrected chi connectivity index (χ2v) is 1.53. The van der Waals surface area contributed by atoms with Crippen LogP contribution >= 0.6 is 0 Å². The summed E-state index contributed by atoms with van der Waals surface area (Å²) in [5.41, 5.74) is 5.21. The molecule has 10 heavy (non-hydrogen) atoms. The number of aromatic nitrogens is 2. The molecular weight excluding hydrogens is 138 g/mol. The Labute approximate surface area is 56.5 Å². The molecule has 1 rings (SSSR count). The lowest BCUT2D eigenvalue weighted by Gasteiger charge is -1.95. The summed E-state index contributed by atoms with van der Waals surface area (Å²) in [6, 6.07) is 0. The number of nitrogen functional groups attached to an aromatic ring is 1. The predicted molar refractivity (Wildman–Crippen MR) is 31.3 cm³/mol. The molecular formula is C4H7N3O3. The van der Waals surface area contributed by atoms with Gasteiger partial charge in [-0.15, -0.1) is 0 Å². The highest BCUT2D eigenvalue weighted by Gasteiger charge is 2.04. The predicted octanol–water partition coefficient (Wildman–Crippen LogP) is -0.977. The van der Waals surface area contributed by atoms with Crippen molar-refractivity contribution in [3.05, 3.63) is 0 Å². The number of anilines is 1. The molecule has 0 atom stereocenters. The van der Waals surface area contributed by atoms with Crippen molar-refractivity contribution in [2.24, 2.45) is 0 Å². The molecule has 1 aromatic rings. The molecule has 0 spiro atoms. The van der Waals surface area contributed by atoms with Crippen LogP contribution in [0.1, 0.15) is 0 Å². The van der Waals surface area contributed by atoms with Gasteiger partial charge in [0, 0.05) is 0 Å². The first-order valence-corrected chi connectivity index (χ1v) is 2.66. The van der Waals surface area contributed by atoms with Crippen LogP contribution in [0.15, 0.2) is 4.63 Å². The second-order valence-electron chi connectivity index (χ2n) is 1.53. The number of hydrogen-bond acceptors (Lipinski definition) is 6. The van der Waals surface area contributed by atoms with Crippen LogP contribution in [0.2, 0.25) is 0 Å². The summed E-state index contributed by atoms with van der Waals surface area (Å²) in [7, 11) is 0. The molecule has 0 bridgehead atoms. The van der Waals surface area contributed by atoms with Crippen LogP contribution in [0.25, 0.3) is 0 Å². The van der Waals surface area contributed by atoms with Crippen molar-refractivity contribution >= 4 is 5.82 Å². The second kappa shape index (κ2) is 3.02. The minimum absolute atomic E-state index is 0.0910. The van der Waals surface area contributed by atoms with Gasteiger partial charge >= 0.3 is 0 Å². The van der Waals surface area contributed by atoms with E-state index in [0.717, 1.165) is 0 Å². The minimum atomic E-state index is -0.0910. The Morgan fingerprint density at radius 2 is 2.40 bits per heavy atom. The molecule has 1 heterocycles. The lowest BCUT2D eigenvalue weighted by Crippen LogP contribution is -2.03. The van der Waals surface area contributed by atoms with E-state index in [0.29, 0.717) is 0 Å². The lowest BCUT2D eigenvalue weighted by atomic mass is 10.7. The molecule has 3 N–H and O–H groups in total. The Bertz CT molecular complexity index is 199. The third-order valence-electron chi connectivity index (χ3n) is 0.812. The molecule has 0 fully saturated rings. The topological polar surface area (TPSA) is 94.4 Å². The summed E-state index contributed by atoms with van der Waals surface area (Å²) in [6.07, 6.45) is 0. The first-order chi connectivity index (χ1) is 4.84. The maximum Gasteiger partial charge on any atom is 0.300 e. The van der Waals surface area contributed by atoms with Crippen molar-refractivity contribution in [1.29, 1.82) is 0 Å². The van der Waals surface area contributed by atoms with E-state index in [4.69, 9.17) is 15.6 Å². The largest absolute Gasteiger partial charge is 0.470 e. The molecule has 1 aromatic heterocycles. The quantitative estimate of drug-likeness (QED) is 0.567. The van der Waals surface area contributed by atoms with Crippen LogP contribution in [-0.4, -0.2) is 28.6 Å². The maximum atomic E-state index is 8.31. The van der Waals surface area contributed by atoms with E-state index < -0.39 is 0 Å². The number of hydrogen-bond donors (Lipinski definition) is 2. The van der Waals surface area contributed by atoms with E-state index >= 15 is 0 Å². The van der Waals surface area contributed by atoms with Crippen LogP contribution in [-0.2, 0) is 0 Å². The van der Waals surface area contributed by atoms with Gasteiger partial charge in [-0.2, -0.15) is 0 Å². The molecule has 0 aliphatic heterocycles. The van der Waals surface area contributed by atoms with Crippen LogP contribution in [0, 0.1) is 0 Å². The van der Waals surface area contributed by atoms with E-state index in [1.165, 1.54) is 0 Å². The third-order valence-corrected chi connectivity index (χ3v) is 0.812. The molecule has 6 heteroatoms. The van der Waals surface area contributed by atoms with Crippen LogP contribution < -0.4 is 10.5 Å². The fourth-order valence-corrected chi connectivity index (χ4v) is 0.430. The van der Waals surface area contributed by atoms with E-state index in [9.17, 15) is 0 Å². The van der Waals surface area contributed by atoms with Crippen LogP contribution in [0.3, 0.4) is 0 Å². The first kappa shape index (κ1) is 6.81. The standard InChI is InChI=1S/C4H7N3O3/c5-3-4(7-10-6-3)9-2-1-8/h8H,1-2H2,(H2,5,6). The van der Waals surface area contributed by atoms with Gasteiger partial charge in [0.2, 0.25) is 5.82 Å². The van der Waals surface area contributed by atoms with Gasteiger partial charge < -0.3 is 15.6 Å². The average Bonchev–Trinajstić information content (AvgIpc) is 2.31. The number of aliphatic hydroxyl groups excluding tert-OH is 1. The summed E-state index contributed by atoms with van der Waals surface area (Å²) in [4.78, 5) is 0. The van der Waals surface area contributed by atoms with Gasteiger partial charge in [0.25, 0.3) is 5.88 Å². The highest BCUT2D eigenvalue weighted by atomic mass is 16.6. The van der Waals surface area contributed by atoms with Gasteiger partial charge in [-0.05, 0) is 10.3 Å². The summed E-state index contributed by atoms with van der Waals surface area (Å²) in [6.45, 7) is 0.0463. The highest BCUT2D eigenvalue weighted by molar-refractivity contribution is 5.36. The van der Waals surface area contributed by atoms with Gasteiger partial charge in [-0.25, -0.2) is 4.63 Å². The highest BCUT2D eigenvalue weighted by Crippen LogP contribution is 2.12. The lowest BCUT2D eigenvalue weighted by molar-refractivity contribution is 0.187. The molecule has 0 aliphatic carbocycles. The van der Waals surface area contributed by atoms with Crippen molar-refractivity contribution in [3.8, 4) is 5.88 Å². The van der Waals surface area contributed by atoms with E-state index in [2.05, 4.69) is 14.9 Å². The zero-order chi connectivity index (χ0) is 7.40. The minimum Gasteiger partial charge on any atom is -0.470 e. The Kier molecular flexibility index (Phi) is 2.06. The number of ether oxygens (including phenoxy) is 1. The van der Waals surface area contributed by atoms with Crippen molar-refractivity contribution in [3.63, 3.8) is 0 Å². The smallest absolute Gasteiger partial charge is 0.300 e. The van der Waals surface area contributed by atoms with Crippen LogP contribution in [0.5, 0.6) is 5.88 Å². The number of nitrogens with two attached hydrogens (primary N) is 1. The molecule has 0 aliphatic rings. The summed E-state index contributed by atoms with van der Waals surface area (Å²) < 4.78 is 8.99. The number of rotatable bonds is 3. The third kappa shape index (κ3) is 1.35. The zero-order valence-electron chi connectivity index (χ0n) is 5.15. The maximum absolute atomic E-state index is 8.31. The summed E-state index contributed by atoms with van der Waals surface area (Å²) in [5, 5.41) is 14.9. The van der Waals surface area contributed by atoms with Gasteiger partial charge in [0.1, 0.15) is 6.61 Å². The van der Waals surface area contributed by atoms with E-state index in [-0.39, 0.29) is 24.9 Å².